The Bertz CT molecular complexity index is 698. The first kappa shape index (κ1) is 23.5. The zero-order chi connectivity index (χ0) is 20.1. The summed E-state index contributed by atoms with van der Waals surface area (Å²) in [5.74, 6) is 0.789. The van der Waals surface area contributed by atoms with Crippen LogP contribution in [0.3, 0.4) is 0 Å². The minimum atomic E-state index is -0.125. The number of fused-ring (bicyclic) bond motifs is 2. The number of rotatable bonds is 7. The zero-order valence-electron chi connectivity index (χ0n) is 17.9. The van der Waals surface area contributed by atoms with E-state index in [1.165, 1.54) is 12.8 Å². The Labute approximate surface area is 196 Å². The lowest BCUT2D eigenvalue weighted by molar-refractivity contribution is 0.0992. The summed E-state index contributed by atoms with van der Waals surface area (Å²) in [6.45, 7) is 8.50. The third-order valence-electron chi connectivity index (χ3n) is 6.24. The third kappa shape index (κ3) is 5.97. The summed E-state index contributed by atoms with van der Waals surface area (Å²) in [4.78, 5) is 9.37. The van der Waals surface area contributed by atoms with Gasteiger partial charge in [0, 0.05) is 45.8 Å². The number of anilines is 1. The molecule has 0 saturated carbocycles. The number of para-hydroxylation sites is 1. The van der Waals surface area contributed by atoms with Gasteiger partial charge in [0.2, 0.25) is 0 Å². The second kappa shape index (κ2) is 11.5. The normalized spacial score (nSPS) is 26.5. The van der Waals surface area contributed by atoms with Crippen LogP contribution in [0.2, 0.25) is 0 Å². The van der Waals surface area contributed by atoms with Crippen LogP contribution in [0.25, 0.3) is 0 Å². The fraction of sp³-hybridized carbons (Fsp3) is 0.682. The van der Waals surface area contributed by atoms with Crippen molar-refractivity contribution >= 4 is 35.6 Å². The first-order chi connectivity index (χ1) is 14.2. The van der Waals surface area contributed by atoms with Gasteiger partial charge in [-0.25, -0.2) is 4.39 Å². The van der Waals surface area contributed by atoms with Crippen LogP contribution < -0.4 is 15.5 Å². The molecule has 1 aromatic rings. The Morgan fingerprint density at radius 1 is 1.20 bits per heavy atom. The molecule has 3 aliphatic rings. The van der Waals surface area contributed by atoms with Crippen LogP contribution in [0.1, 0.15) is 32.6 Å². The molecule has 0 amide bonds. The average Bonchev–Trinajstić information content (AvgIpc) is 3.35. The Morgan fingerprint density at radius 3 is 2.67 bits per heavy atom. The van der Waals surface area contributed by atoms with Crippen molar-refractivity contribution in [3.63, 3.8) is 0 Å². The van der Waals surface area contributed by atoms with Crippen LogP contribution in [0.4, 0.5) is 10.1 Å². The first-order valence-electron chi connectivity index (χ1n) is 11.1. The highest BCUT2D eigenvalue weighted by Gasteiger charge is 2.41. The molecule has 2 N–H and O–H groups in total. The minimum absolute atomic E-state index is 0. The van der Waals surface area contributed by atoms with Crippen LogP contribution in [0, 0.1) is 5.82 Å². The van der Waals surface area contributed by atoms with Crippen molar-refractivity contribution in [3.05, 3.63) is 30.1 Å². The van der Waals surface area contributed by atoms with E-state index < -0.39 is 0 Å². The standard InChI is InChI=1S/C22H34FN5O.HI/c1-2-24-22(26-19-16-17-8-9-21(19)29-17)25-10-5-11-27-12-14-28(15-13-27)20-7-4-3-6-18(20)23;/h3-4,6-7,17,19,21H,2,5,8-16H2,1H3,(H2,24,25,26);1H. The maximum atomic E-state index is 14.0. The molecule has 3 aliphatic heterocycles. The number of guanidine groups is 1. The maximum Gasteiger partial charge on any atom is 0.191 e. The quantitative estimate of drug-likeness (QED) is 0.246. The summed E-state index contributed by atoms with van der Waals surface area (Å²) < 4.78 is 19.9. The molecule has 3 heterocycles. The van der Waals surface area contributed by atoms with E-state index in [9.17, 15) is 4.39 Å². The number of halogens is 2. The Morgan fingerprint density at radius 2 is 2.00 bits per heavy atom. The predicted octanol–water partition coefficient (Wildman–Crippen LogP) is 2.83. The molecular formula is C22H35FIN5O. The van der Waals surface area contributed by atoms with E-state index in [0.29, 0.717) is 18.2 Å². The van der Waals surface area contributed by atoms with Crippen LogP contribution in [-0.2, 0) is 4.74 Å². The molecule has 6 nitrogen and oxygen atoms in total. The van der Waals surface area contributed by atoms with E-state index in [-0.39, 0.29) is 29.8 Å². The Balaban J connectivity index is 0.00000256. The lowest BCUT2D eigenvalue weighted by atomic mass is 9.96. The van der Waals surface area contributed by atoms with Crippen molar-refractivity contribution in [1.82, 2.24) is 15.5 Å². The molecule has 0 radical (unpaired) electrons. The number of nitrogens with one attached hydrogen (secondary N) is 2. The van der Waals surface area contributed by atoms with Crippen molar-refractivity contribution in [3.8, 4) is 0 Å². The molecular weight excluding hydrogens is 496 g/mol. The van der Waals surface area contributed by atoms with Gasteiger partial charge in [-0.3, -0.25) is 9.89 Å². The molecule has 3 saturated heterocycles. The minimum Gasteiger partial charge on any atom is -0.373 e. The number of nitrogens with zero attached hydrogens (tertiary/aromatic N) is 3. The highest BCUT2D eigenvalue weighted by molar-refractivity contribution is 14.0. The van der Waals surface area contributed by atoms with Crippen molar-refractivity contribution in [1.29, 1.82) is 0 Å². The smallest absolute Gasteiger partial charge is 0.191 e. The zero-order valence-corrected chi connectivity index (χ0v) is 20.2. The van der Waals surface area contributed by atoms with Crippen molar-refractivity contribution in [2.24, 2.45) is 4.99 Å². The first-order valence-corrected chi connectivity index (χ1v) is 11.1. The van der Waals surface area contributed by atoms with E-state index in [0.717, 1.165) is 70.3 Å². The van der Waals surface area contributed by atoms with Crippen LogP contribution in [0.5, 0.6) is 0 Å². The highest BCUT2D eigenvalue weighted by atomic mass is 127. The van der Waals surface area contributed by atoms with E-state index in [4.69, 9.17) is 9.73 Å². The maximum absolute atomic E-state index is 14.0. The molecule has 0 aliphatic carbocycles. The second-order valence-corrected chi connectivity index (χ2v) is 8.25. The predicted molar refractivity (Wildman–Crippen MR) is 130 cm³/mol. The molecule has 1 aromatic carbocycles. The number of hydrogen-bond donors (Lipinski definition) is 2. The summed E-state index contributed by atoms with van der Waals surface area (Å²) in [5, 5.41) is 6.94. The van der Waals surface area contributed by atoms with Crippen molar-refractivity contribution in [2.45, 2.75) is 50.9 Å². The Hall–Kier alpha value is -1.13. The average molecular weight is 531 g/mol. The molecule has 0 spiro atoms. The number of aliphatic imine (C=N–C) groups is 1. The van der Waals surface area contributed by atoms with Gasteiger partial charge in [0.25, 0.3) is 0 Å². The molecule has 30 heavy (non-hydrogen) atoms. The molecule has 168 valence electrons. The van der Waals surface area contributed by atoms with Crippen molar-refractivity contribution < 1.29 is 9.13 Å². The summed E-state index contributed by atoms with van der Waals surface area (Å²) >= 11 is 0. The SMILES string of the molecule is CCNC(=NCCCN1CCN(c2ccccc2F)CC1)NC1CC2CCC1O2.I. The van der Waals surface area contributed by atoms with E-state index in [1.807, 2.05) is 12.1 Å². The van der Waals surface area contributed by atoms with E-state index in [1.54, 1.807) is 12.1 Å². The number of ether oxygens (including phenoxy) is 1. The van der Waals surface area contributed by atoms with Gasteiger partial charge in [-0.2, -0.15) is 0 Å². The van der Waals surface area contributed by atoms with Gasteiger partial charge in [0.1, 0.15) is 5.82 Å². The van der Waals surface area contributed by atoms with E-state index in [2.05, 4.69) is 27.4 Å². The van der Waals surface area contributed by atoms with Gasteiger partial charge < -0.3 is 20.3 Å². The number of piperazine rings is 1. The monoisotopic (exact) mass is 531 g/mol. The van der Waals surface area contributed by atoms with Crippen LogP contribution >= 0.6 is 24.0 Å². The van der Waals surface area contributed by atoms with Crippen LogP contribution in [-0.4, -0.2) is 74.9 Å². The van der Waals surface area contributed by atoms with E-state index >= 15 is 0 Å². The summed E-state index contributed by atoms with van der Waals surface area (Å²) in [6, 6.07) is 7.46. The topological polar surface area (TPSA) is 52.1 Å². The summed E-state index contributed by atoms with van der Waals surface area (Å²) in [6.07, 6.45) is 5.31. The van der Waals surface area contributed by atoms with Gasteiger partial charge in [-0.05, 0) is 44.7 Å². The van der Waals surface area contributed by atoms with Gasteiger partial charge in [-0.1, -0.05) is 12.1 Å². The summed E-state index contributed by atoms with van der Waals surface area (Å²) in [7, 11) is 0. The molecule has 3 atom stereocenters. The molecule has 8 heteroatoms. The highest BCUT2D eigenvalue weighted by Crippen LogP contribution is 2.34. The molecule has 4 rings (SSSR count). The second-order valence-electron chi connectivity index (χ2n) is 8.25. The number of benzene rings is 1. The molecule has 3 fully saturated rings. The third-order valence-corrected chi connectivity index (χ3v) is 6.24. The van der Waals surface area contributed by atoms with Gasteiger partial charge in [-0.15, -0.1) is 24.0 Å². The largest absolute Gasteiger partial charge is 0.373 e. The lowest BCUT2D eigenvalue weighted by Gasteiger charge is -2.36. The molecule has 3 unspecified atom stereocenters. The fourth-order valence-electron chi connectivity index (χ4n) is 4.69. The summed E-state index contributed by atoms with van der Waals surface area (Å²) in [5.41, 5.74) is 0.725. The van der Waals surface area contributed by atoms with Crippen molar-refractivity contribution in [2.75, 3.05) is 50.7 Å². The molecule has 2 bridgehead atoms. The van der Waals surface area contributed by atoms with Crippen LogP contribution in [0.15, 0.2) is 29.3 Å². The lowest BCUT2D eigenvalue weighted by Crippen LogP contribution is -2.48. The fourth-order valence-corrected chi connectivity index (χ4v) is 4.69. The van der Waals surface area contributed by atoms with Gasteiger partial charge in [0.15, 0.2) is 5.96 Å². The Kier molecular flexibility index (Phi) is 9.00. The van der Waals surface area contributed by atoms with Gasteiger partial charge >= 0.3 is 0 Å². The molecule has 0 aromatic heterocycles. The number of hydrogen-bond acceptors (Lipinski definition) is 4. The van der Waals surface area contributed by atoms with Gasteiger partial charge in [0.05, 0.1) is 23.9 Å².